The van der Waals surface area contributed by atoms with Crippen molar-refractivity contribution < 1.29 is 8.78 Å². The maximum absolute atomic E-state index is 16.1. The molecule has 504 valence electrons. The molecule has 0 radical (unpaired) electrons. The molecule has 6 rings (SSSR count). The summed E-state index contributed by atoms with van der Waals surface area (Å²) in [6, 6.07) is 16.1. The van der Waals surface area contributed by atoms with Gasteiger partial charge >= 0.3 is 377 Å². The van der Waals surface area contributed by atoms with E-state index >= 15 is 14.0 Å². The Balaban J connectivity index is 1.26. The van der Waals surface area contributed by atoms with Crippen molar-refractivity contribution in [3.05, 3.63) is 88.9 Å². The molecule has 0 spiro atoms. The minimum atomic E-state index is -1.14. The fourth-order valence-electron chi connectivity index (χ4n) is 14.0. The molecule has 10 heteroatoms. The van der Waals surface area contributed by atoms with Crippen LogP contribution in [0.15, 0.2) is 58.1 Å². The Hall–Kier alpha value is -1.44. The summed E-state index contributed by atoms with van der Waals surface area (Å²) in [5, 5.41) is 0. The number of nitrogens with zero attached hydrogens (tertiary/aromatic N) is 2. The molecule has 0 saturated carbocycles. The molecule has 2 unspecified atom stereocenters. The quantitative estimate of drug-likeness (QED) is 0.0282. The van der Waals surface area contributed by atoms with Crippen LogP contribution in [0, 0.1) is 37.3 Å². The number of aromatic nitrogens is 2. The van der Waals surface area contributed by atoms with Crippen LogP contribution in [0.25, 0.3) is 46.2 Å². The van der Waals surface area contributed by atoms with Crippen molar-refractivity contribution >= 4 is 80.9 Å². The monoisotopic (exact) mass is 1600 g/mol. The molecule has 6 aromatic rings. The predicted molar refractivity (Wildman–Crippen MR) is 393 cm³/mol. The Morgan fingerprint density at radius 3 is 1.02 bits per heavy atom. The van der Waals surface area contributed by atoms with Crippen LogP contribution >= 0.6 is 0 Å². The Morgan fingerprint density at radius 1 is 0.367 bits per heavy atom. The molecule has 0 amide bonds. The van der Waals surface area contributed by atoms with Gasteiger partial charge in [0.25, 0.3) is 0 Å². The van der Waals surface area contributed by atoms with Crippen molar-refractivity contribution in [2.45, 2.75) is 350 Å². The van der Waals surface area contributed by atoms with E-state index in [4.69, 9.17) is 0 Å². The summed E-state index contributed by atoms with van der Waals surface area (Å²) in [4.78, 5) is 30.9. The summed E-state index contributed by atoms with van der Waals surface area (Å²) >= 11 is -2.19. The standard InChI is InChI=1S/C80H124F2N2O2Se2Te2/c1-7-11-15-19-23-27-29-33-37-41-49-65(47-39-35-31-25-21-17-13-9-3)51-43-45-57-83-72-60-68(76-55-56-77(90-76)78-70(82)62-74(88-78)73-61-69(81)64(6)87-73)80(86)84(71(72)59-67(79(83)85)75-54-53-63(5)89-75)58-46-44-52-66(48-40-36-32-26-22-18-14-10-4)50-42-38-34-30-28-24-20-16-12-8-2/h53-56,59-62,65-66H,7-52,57-58H2,1-6H3. The first kappa shape index (κ1) is 77.6. The number of fused-ring (bicyclic) bond motifs is 1. The number of pyridine rings is 2. The van der Waals surface area contributed by atoms with E-state index in [1.807, 2.05) is 6.92 Å². The zero-order valence-corrected chi connectivity index (χ0v) is 65.9. The average Bonchev–Trinajstić information content (AvgIpc) is 1.07. The maximum atomic E-state index is 16.1. The van der Waals surface area contributed by atoms with Crippen molar-refractivity contribution in [3.8, 4) is 35.2 Å². The number of halogens is 2. The zero-order valence-electron chi connectivity index (χ0n) is 57.8. The normalized spacial score (nSPS) is 12.6. The van der Waals surface area contributed by atoms with Crippen LogP contribution in [-0.4, -0.2) is 79.0 Å². The molecule has 0 N–H and O–H groups in total. The van der Waals surface area contributed by atoms with E-state index in [0.717, 1.165) is 79.0 Å². The summed E-state index contributed by atoms with van der Waals surface area (Å²) in [5.41, 5.74) is 3.41. The van der Waals surface area contributed by atoms with Crippen LogP contribution in [0.4, 0.5) is 8.78 Å². The number of unbranched alkanes of at least 4 members (excludes halogenated alkanes) is 34. The van der Waals surface area contributed by atoms with Crippen molar-refractivity contribution in [2.75, 3.05) is 0 Å². The number of hydrogen-bond acceptors (Lipinski definition) is 2. The Morgan fingerprint density at radius 2 is 0.678 bits per heavy atom. The first-order chi connectivity index (χ1) is 44.1. The molecule has 0 aromatic carbocycles. The molecule has 6 heterocycles. The molecule has 4 nitrogen and oxygen atoms in total. The van der Waals surface area contributed by atoms with Gasteiger partial charge < -0.3 is 0 Å². The first-order valence-electron chi connectivity index (χ1n) is 37.6. The Bertz CT molecular complexity index is 2960. The average molecular weight is 1600 g/mol. The first-order valence-corrected chi connectivity index (χ1v) is 45.7. The second-order valence-electron chi connectivity index (χ2n) is 27.4. The van der Waals surface area contributed by atoms with Crippen LogP contribution in [0.3, 0.4) is 0 Å². The van der Waals surface area contributed by atoms with Gasteiger partial charge in [0.05, 0.1) is 0 Å². The van der Waals surface area contributed by atoms with Crippen LogP contribution < -0.4 is 11.1 Å². The second kappa shape index (κ2) is 46.7. The molecule has 0 saturated heterocycles. The predicted octanol–water partition coefficient (Wildman–Crippen LogP) is 24.2. The third-order valence-corrected chi connectivity index (χ3v) is 32.0. The number of aryl methyl sites for hydroxylation is 4. The van der Waals surface area contributed by atoms with Gasteiger partial charge in [-0.1, -0.05) is 207 Å². The summed E-state index contributed by atoms with van der Waals surface area (Å²) in [7, 11) is 0. The number of hydrogen-bond donors (Lipinski definition) is 0. The van der Waals surface area contributed by atoms with Crippen LogP contribution in [-0.2, 0) is 13.1 Å². The molecule has 6 aromatic heterocycles. The van der Waals surface area contributed by atoms with Gasteiger partial charge in [-0.25, -0.2) is 0 Å². The zero-order chi connectivity index (χ0) is 64.0. The van der Waals surface area contributed by atoms with E-state index in [-0.39, 0.29) is 51.8 Å². The van der Waals surface area contributed by atoms with E-state index in [2.05, 4.69) is 80.2 Å². The minimum Gasteiger partial charge on any atom is -0.0654 e. The van der Waals surface area contributed by atoms with Crippen molar-refractivity contribution in [1.29, 1.82) is 0 Å². The molecule has 90 heavy (non-hydrogen) atoms. The van der Waals surface area contributed by atoms with Gasteiger partial charge in [0, 0.05) is 0 Å². The molecule has 0 bridgehead atoms. The fourth-order valence-corrected chi connectivity index (χ4v) is 24.8. The van der Waals surface area contributed by atoms with Crippen molar-refractivity contribution in [3.63, 3.8) is 0 Å². The van der Waals surface area contributed by atoms with E-state index in [0.29, 0.717) is 18.7 Å². The summed E-state index contributed by atoms with van der Waals surface area (Å²) in [5.74, 6) is 1.11. The summed E-state index contributed by atoms with van der Waals surface area (Å²) < 4.78 is 43.0. The van der Waals surface area contributed by atoms with Crippen molar-refractivity contribution in [1.82, 2.24) is 9.13 Å². The van der Waals surface area contributed by atoms with Gasteiger partial charge in [-0.3, -0.25) is 0 Å². The van der Waals surface area contributed by atoms with E-state index in [9.17, 15) is 4.39 Å². The molecule has 0 aliphatic carbocycles. The molecule has 0 aliphatic heterocycles. The van der Waals surface area contributed by atoms with E-state index in [1.165, 1.54) is 277 Å². The minimum absolute atomic E-state index is 0.0356. The van der Waals surface area contributed by atoms with Gasteiger partial charge in [0.2, 0.25) is 0 Å². The SMILES string of the molecule is CCCCCCCCCCCCC(CCCCCCCCCC)CCCCn1c(=O)c(-c2ccc(C)[te]2)cc2c1cc(-c1ccc(-c3[se]c(-c4cc(F)c(C)[se]4)cc3F)[te]1)c(=O)n2CCCCC(CCCCCCCCCC)CCCCCCCCCCCC. The van der Waals surface area contributed by atoms with Gasteiger partial charge in [-0.2, -0.15) is 0 Å². The van der Waals surface area contributed by atoms with Crippen LogP contribution in [0.2, 0.25) is 0 Å². The molecular formula is C80H124F2N2O2Se2Te2. The molecule has 2 atom stereocenters. The fraction of sp³-hybridized carbons (Fsp3) is 0.700. The third kappa shape index (κ3) is 28.0. The van der Waals surface area contributed by atoms with Gasteiger partial charge in [0.15, 0.2) is 0 Å². The van der Waals surface area contributed by atoms with Gasteiger partial charge in [-0.15, -0.1) is 0 Å². The van der Waals surface area contributed by atoms with Crippen LogP contribution in [0.5, 0.6) is 0 Å². The van der Waals surface area contributed by atoms with E-state index in [1.54, 1.807) is 12.1 Å². The Kier molecular flexibility index (Phi) is 40.2. The van der Waals surface area contributed by atoms with Crippen molar-refractivity contribution in [2.24, 2.45) is 11.8 Å². The topological polar surface area (TPSA) is 44.0 Å². The third-order valence-electron chi connectivity index (χ3n) is 19.6. The van der Waals surface area contributed by atoms with Gasteiger partial charge in [-0.05, 0) is 0 Å². The van der Waals surface area contributed by atoms with E-state index < -0.39 is 40.9 Å². The summed E-state index contributed by atoms with van der Waals surface area (Å²) in [6.45, 7) is 14.5. The summed E-state index contributed by atoms with van der Waals surface area (Å²) in [6.07, 6.45) is 60.9. The van der Waals surface area contributed by atoms with Crippen LogP contribution in [0.1, 0.15) is 331 Å². The van der Waals surface area contributed by atoms with Gasteiger partial charge in [0.1, 0.15) is 0 Å². The number of rotatable bonds is 54. The molecular weight excluding hydrogens is 1470 g/mol. The smallest absolute Gasteiger partial charge is 0.0654 e. The molecule has 0 aliphatic rings. The molecule has 0 fully saturated rings. The second-order valence-corrected chi connectivity index (χ2v) is 39.0. The Labute approximate surface area is 579 Å².